The molecule has 0 aliphatic heterocycles. The van der Waals surface area contributed by atoms with Gasteiger partial charge < -0.3 is 15.1 Å². The summed E-state index contributed by atoms with van der Waals surface area (Å²) in [6.07, 6.45) is 24.1. The third-order valence-electron chi connectivity index (χ3n) is 9.60. The van der Waals surface area contributed by atoms with Crippen LogP contribution in [0, 0.1) is 0 Å². The largest absolute Gasteiger partial charge is 0.367 e. The van der Waals surface area contributed by atoms with E-state index in [0.29, 0.717) is 0 Å². The van der Waals surface area contributed by atoms with Crippen molar-refractivity contribution in [2.24, 2.45) is 7.05 Å². The summed E-state index contributed by atoms with van der Waals surface area (Å²) in [5.74, 6) is 2.38. The molecule has 4 aromatic carbocycles. The van der Waals surface area contributed by atoms with E-state index in [0.717, 1.165) is 26.2 Å². The molecule has 0 radical (unpaired) electrons. The first-order chi connectivity index (χ1) is 27.6. The molecule has 0 saturated carbocycles. The normalized spacial score (nSPS) is 11.9. The lowest BCUT2D eigenvalue weighted by Gasteiger charge is -2.25. The van der Waals surface area contributed by atoms with Gasteiger partial charge in [-0.1, -0.05) is 137 Å². The zero-order valence-electron chi connectivity index (χ0n) is 33.5. The van der Waals surface area contributed by atoms with Crippen LogP contribution in [-0.2, 0) is 20.1 Å². The molecular weight excluding hydrogens is 721 g/mol. The van der Waals surface area contributed by atoms with Crippen molar-refractivity contribution < 1.29 is 9.88 Å². The molecule has 1 aromatic heterocycles. The Bertz CT molecular complexity index is 1940. The molecule has 0 aliphatic rings. The summed E-state index contributed by atoms with van der Waals surface area (Å²) in [5, 5.41) is 2.06. The summed E-state index contributed by atoms with van der Waals surface area (Å²) in [6, 6.07) is 44.0. The van der Waals surface area contributed by atoms with Crippen molar-refractivity contribution in [3.05, 3.63) is 192 Å². The number of hydrogen-bond acceptors (Lipinski definition) is 4. The first kappa shape index (κ1) is 42.4. The van der Waals surface area contributed by atoms with Gasteiger partial charge in [-0.25, -0.2) is 4.57 Å². The monoisotopic (exact) mass is 780 g/mol. The number of rotatable bonds is 23. The minimum atomic E-state index is 0.925. The SMILES string of the molecule is C/C=C(\C=C/[NH2+]C)/C=C/c1ccc(N(CCCCSSCCCCN(Cc2ccccc2)c2ccc(/C=C/c3cc[n+](C)cc3)cc2)Cc2ccccc2)cc1. The quantitative estimate of drug-likeness (QED) is 0.0309. The van der Waals surface area contributed by atoms with E-state index in [9.17, 15) is 0 Å². The van der Waals surface area contributed by atoms with Crippen LogP contribution in [0.3, 0.4) is 0 Å². The Kier molecular flexibility index (Phi) is 18.7. The van der Waals surface area contributed by atoms with Crippen molar-refractivity contribution in [2.45, 2.75) is 45.7 Å². The fraction of sp³-hybridized carbons (Fsp3) is 0.260. The first-order valence-electron chi connectivity index (χ1n) is 20.1. The molecule has 2 N–H and O–H groups in total. The minimum Gasteiger partial charge on any atom is -0.367 e. The standard InChI is InChI=1S/C50H59N4S2/c1-4-43(31-34-51-2)19-20-44-23-27-49(28-24-44)53(41-47-15-7-5-8-16-47)35-11-13-39-55-56-40-14-12-36-54(42-48-17-9-6-10-18-48)50-29-25-45(26-30-50)21-22-46-32-37-52(3)38-33-46/h4-10,15-34,37-38,51H,11-14,35-36,39-42H2,1-3H3/q+1/p+1/b20-19+,34-31-,43-4-. The van der Waals surface area contributed by atoms with E-state index >= 15 is 0 Å². The van der Waals surface area contributed by atoms with Gasteiger partial charge in [-0.05, 0) is 96.3 Å². The molecule has 4 nitrogen and oxygen atoms in total. The van der Waals surface area contributed by atoms with Crippen LogP contribution >= 0.6 is 21.6 Å². The van der Waals surface area contributed by atoms with E-state index in [1.807, 2.05) is 35.7 Å². The summed E-state index contributed by atoms with van der Waals surface area (Å²) in [6.45, 7) is 6.04. The number of allylic oxidation sites excluding steroid dienone is 4. The Morgan fingerprint density at radius 3 is 1.50 bits per heavy atom. The van der Waals surface area contributed by atoms with E-state index in [2.05, 4.69) is 203 Å². The smallest absolute Gasteiger partial charge is 0.169 e. The summed E-state index contributed by atoms with van der Waals surface area (Å²) in [4.78, 5) is 5.07. The number of anilines is 2. The lowest BCUT2D eigenvalue weighted by molar-refractivity contribution is -0.671. The Morgan fingerprint density at radius 2 is 1.04 bits per heavy atom. The van der Waals surface area contributed by atoms with Gasteiger partial charge in [-0.3, -0.25) is 0 Å². The van der Waals surface area contributed by atoms with Crippen molar-refractivity contribution in [3.63, 3.8) is 0 Å². The number of aromatic nitrogens is 1. The molecule has 0 spiro atoms. The van der Waals surface area contributed by atoms with Gasteiger partial charge in [-0.2, -0.15) is 0 Å². The Labute approximate surface area is 345 Å². The van der Waals surface area contributed by atoms with Crippen LogP contribution in [0.15, 0.2) is 164 Å². The Balaban J connectivity index is 1.04. The number of unbranched alkanes of at least 4 members (excludes halogenated alkanes) is 2. The van der Waals surface area contributed by atoms with E-state index in [-0.39, 0.29) is 0 Å². The first-order valence-corrected chi connectivity index (χ1v) is 22.5. The lowest BCUT2D eigenvalue weighted by Crippen LogP contribution is -2.72. The summed E-state index contributed by atoms with van der Waals surface area (Å²) in [5.41, 5.74) is 10.1. The Morgan fingerprint density at radius 1 is 0.571 bits per heavy atom. The second-order valence-electron chi connectivity index (χ2n) is 14.0. The fourth-order valence-corrected chi connectivity index (χ4v) is 8.60. The number of hydrogen-bond donors (Lipinski definition) is 1. The highest BCUT2D eigenvalue weighted by Gasteiger charge is 2.10. The van der Waals surface area contributed by atoms with Crippen LogP contribution in [0.5, 0.6) is 0 Å². The van der Waals surface area contributed by atoms with E-state index in [4.69, 9.17) is 0 Å². The van der Waals surface area contributed by atoms with Crippen molar-refractivity contribution in [1.82, 2.24) is 0 Å². The molecule has 0 amide bonds. The number of pyridine rings is 1. The second kappa shape index (κ2) is 24.7. The van der Waals surface area contributed by atoms with Crippen molar-refractivity contribution in [3.8, 4) is 0 Å². The van der Waals surface area contributed by atoms with Gasteiger partial charge in [0.1, 0.15) is 7.05 Å². The van der Waals surface area contributed by atoms with Gasteiger partial charge in [0.05, 0.1) is 13.2 Å². The molecule has 56 heavy (non-hydrogen) atoms. The maximum atomic E-state index is 2.54. The van der Waals surface area contributed by atoms with E-state index in [1.165, 1.54) is 82.0 Å². The van der Waals surface area contributed by atoms with Crippen molar-refractivity contribution in [2.75, 3.05) is 41.4 Å². The number of nitrogens with zero attached hydrogens (tertiary/aromatic N) is 3. The predicted molar refractivity (Wildman–Crippen MR) is 248 cm³/mol. The van der Waals surface area contributed by atoms with Crippen LogP contribution in [0.25, 0.3) is 18.2 Å². The number of quaternary nitrogens is 1. The van der Waals surface area contributed by atoms with Crippen LogP contribution in [0.4, 0.5) is 11.4 Å². The zero-order valence-corrected chi connectivity index (χ0v) is 35.2. The van der Waals surface area contributed by atoms with Crippen molar-refractivity contribution >= 4 is 51.2 Å². The Hall–Kier alpha value is -4.75. The van der Waals surface area contributed by atoms with Crippen LogP contribution in [0.2, 0.25) is 0 Å². The van der Waals surface area contributed by atoms with Crippen LogP contribution in [-0.4, -0.2) is 31.6 Å². The van der Waals surface area contributed by atoms with Crippen molar-refractivity contribution in [1.29, 1.82) is 0 Å². The number of aryl methyl sites for hydroxylation is 1. The van der Waals surface area contributed by atoms with Gasteiger partial charge in [0, 0.05) is 61.2 Å². The highest BCUT2D eigenvalue weighted by Crippen LogP contribution is 2.26. The lowest BCUT2D eigenvalue weighted by atomic mass is 10.1. The average molecular weight is 781 g/mol. The molecule has 290 valence electrons. The van der Waals surface area contributed by atoms with Crippen LogP contribution < -0.4 is 19.7 Å². The summed E-state index contributed by atoms with van der Waals surface area (Å²) in [7, 11) is 8.17. The van der Waals surface area contributed by atoms with Crippen LogP contribution in [0.1, 0.15) is 60.4 Å². The molecule has 1 heterocycles. The molecule has 5 aromatic rings. The third kappa shape index (κ3) is 15.4. The number of benzene rings is 4. The van der Waals surface area contributed by atoms with Gasteiger partial charge >= 0.3 is 0 Å². The molecule has 0 unspecified atom stereocenters. The van der Waals surface area contributed by atoms with Gasteiger partial charge in [-0.15, -0.1) is 0 Å². The fourth-order valence-electron chi connectivity index (χ4n) is 6.31. The maximum absolute atomic E-state index is 2.54. The summed E-state index contributed by atoms with van der Waals surface area (Å²) < 4.78 is 2.06. The molecule has 0 atom stereocenters. The molecule has 0 fully saturated rings. The van der Waals surface area contributed by atoms with Gasteiger partial charge in [0.25, 0.3) is 0 Å². The van der Waals surface area contributed by atoms with E-state index in [1.54, 1.807) is 0 Å². The molecule has 5 rings (SSSR count). The highest BCUT2D eigenvalue weighted by atomic mass is 33.1. The molecule has 6 heteroatoms. The second-order valence-corrected chi connectivity index (χ2v) is 16.7. The summed E-state index contributed by atoms with van der Waals surface area (Å²) >= 11 is 0. The topological polar surface area (TPSA) is 27.0 Å². The van der Waals surface area contributed by atoms with E-state index < -0.39 is 0 Å². The number of nitrogens with two attached hydrogens (primary N) is 1. The third-order valence-corrected chi connectivity index (χ3v) is 12.2. The molecular formula is C50H60N4S2+2. The molecule has 0 aliphatic carbocycles. The highest BCUT2D eigenvalue weighted by molar-refractivity contribution is 8.76. The maximum Gasteiger partial charge on any atom is 0.169 e. The molecule has 0 bridgehead atoms. The average Bonchev–Trinajstić information content (AvgIpc) is 3.24. The predicted octanol–water partition coefficient (Wildman–Crippen LogP) is 11.0. The minimum absolute atomic E-state index is 0.925. The van der Waals surface area contributed by atoms with Gasteiger partial charge in [0.15, 0.2) is 12.4 Å². The van der Waals surface area contributed by atoms with Gasteiger partial charge in [0.2, 0.25) is 0 Å². The molecule has 0 saturated heterocycles. The zero-order chi connectivity index (χ0) is 39.0.